The lowest BCUT2D eigenvalue weighted by Crippen LogP contribution is -2.26. The van der Waals surface area contributed by atoms with Crippen molar-refractivity contribution in [2.75, 3.05) is 27.3 Å². The molecule has 0 saturated heterocycles. The van der Waals surface area contributed by atoms with Gasteiger partial charge in [0.25, 0.3) is 0 Å². The number of aromatic nitrogens is 2. The van der Waals surface area contributed by atoms with Crippen molar-refractivity contribution in [2.24, 2.45) is 0 Å². The van der Waals surface area contributed by atoms with Gasteiger partial charge in [0.05, 0.1) is 12.6 Å². The van der Waals surface area contributed by atoms with Crippen LogP contribution in [0.4, 0.5) is 0 Å². The van der Waals surface area contributed by atoms with Crippen LogP contribution < -0.4 is 5.32 Å². The quantitative estimate of drug-likeness (QED) is 0.726. The maximum atomic E-state index is 5.15. The number of imidazole rings is 1. The Hall–Kier alpha value is -0.870. The van der Waals surface area contributed by atoms with Crippen LogP contribution >= 0.6 is 0 Å². The van der Waals surface area contributed by atoms with E-state index in [4.69, 9.17) is 4.74 Å². The molecule has 1 heterocycles. The van der Waals surface area contributed by atoms with E-state index in [1.807, 2.05) is 26.4 Å². The van der Waals surface area contributed by atoms with Crippen molar-refractivity contribution >= 4 is 0 Å². The van der Waals surface area contributed by atoms with Crippen LogP contribution in [0.5, 0.6) is 0 Å². The van der Waals surface area contributed by atoms with Crippen molar-refractivity contribution in [3.63, 3.8) is 0 Å². The Bertz CT molecular complexity index is 241. The van der Waals surface area contributed by atoms with E-state index in [0.29, 0.717) is 12.6 Å². The molecule has 0 spiro atoms. The molecule has 1 aromatic heterocycles. The maximum absolute atomic E-state index is 5.15. The molecule has 1 unspecified atom stereocenters. The summed E-state index contributed by atoms with van der Waals surface area (Å²) in [5.74, 6) is 1.03. The maximum Gasteiger partial charge on any atom is 0.105 e. The second-order valence-corrected chi connectivity index (χ2v) is 3.05. The predicted octanol–water partition coefficient (Wildman–Crippen LogP) is 0.598. The molecule has 4 heteroatoms. The van der Waals surface area contributed by atoms with Gasteiger partial charge in [-0.3, -0.25) is 0 Å². The second-order valence-electron chi connectivity index (χ2n) is 3.05. The van der Waals surface area contributed by atoms with Gasteiger partial charge in [0, 0.05) is 26.0 Å². The summed E-state index contributed by atoms with van der Waals surface area (Å²) >= 11 is 0. The highest BCUT2D eigenvalue weighted by Gasteiger charge is 2.10. The largest absolute Gasteiger partial charge is 0.382 e. The van der Waals surface area contributed by atoms with Crippen molar-refractivity contribution in [3.8, 4) is 0 Å². The van der Waals surface area contributed by atoms with E-state index in [1.54, 1.807) is 7.11 Å². The third-order valence-corrected chi connectivity index (χ3v) is 2.05. The van der Waals surface area contributed by atoms with Gasteiger partial charge >= 0.3 is 0 Å². The second kappa shape index (κ2) is 4.99. The number of nitrogens with zero attached hydrogens (tertiary/aromatic N) is 2. The molecule has 74 valence electrons. The lowest BCUT2D eigenvalue weighted by molar-refractivity contribution is 0.154. The zero-order valence-electron chi connectivity index (χ0n) is 8.45. The lowest BCUT2D eigenvalue weighted by Gasteiger charge is -2.18. The lowest BCUT2D eigenvalue weighted by atomic mass is 10.3. The average Bonchev–Trinajstić information content (AvgIpc) is 2.51. The highest BCUT2D eigenvalue weighted by Crippen LogP contribution is 2.08. The minimum atomic E-state index is 0.331. The topological polar surface area (TPSA) is 39.1 Å². The summed E-state index contributed by atoms with van der Waals surface area (Å²) in [5, 5.41) is 3.14. The molecule has 1 rings (SSSR count). The molecule has 0 saturated carbocycles. The molecule has 0 bridgehead atoms. The molecule has 0 fully saturated rings. The molecule has 1 aromatic rings. The van der Waals surface area contributed by atoms with Crippen molar-refractivity contribution < 1.29 is 4.74 Å². The molecule has 0 aliphatic carbocycles. The number of hydrogen-bond donors (Lipinski definition) is 1. The van der Waals surface area contributed by atoms with Gasteiger partial charge in [0.1, 0.15) is 5.82 Å². The first kappa shape index (κ1) is 10.2. The Kier molecular flexibility index (Phi) is 3.92. The monoisotopic (exact) mass is 183 g/mol. The third kappa shape index (κ3) is 2.54. The molecule has 0 radical (unpaired) electrons. The molecular formula is C9H17N3O. The van der Waals surface area contributed by atoms with Crippen LogP contribution in [-0.2, 0) is 4.74 Å². The molecule has 0 aromatic carbocycles. The van der Waals surface area contributed by atoms with E-state index in [2.05, 4.69) is 14.9 Å². The molecule has 0 aliphatic heterocycles. The van der Waals surface area contributed by atoms with Crippen molar-refractivity contribution in [1.29, 1.82) is 0 Å². The van der Waals surface area contributed by atoms with Crippen LogP contribution in [0.25, 0.3) is 0 Å². The SMILES string of the molecule is CNCC(COC)n1ccnc1C. The van der Waals surface area contributed by atoms with Gasteiger partial charge in [-0.15, -0.1) is 0 Å². The molecule has 0 amide bonds. The summed E-state index contributed by atoms with van der Waals surface area (Å²) in [6.07, 6.45) is 3.80. The van der Waals surface area contributed by atoms with Crippen LogP contribution in [0.3, 0.4) is 0 Å². The third-order valence-electron chi connectivity index (χ3n) is 2.05. The van der Waals surface area contributed by atoms with E-state index >= 15 is 0 Å². The first-order valence-corrected chi connectivity index (χ1v) is 4.42. The number of ether oxygens (including phenoxy) is 1. The fraction of sp³-hybridized carbons (Fsp3) is 0.667. The smallest absolute Gasteiger partial charge is 0.105 e. The van der Waals surface area contributed by atoms with Gasteiger partial charge in [-0.2, -0.15) is 0 Å². The van der Waals surface area contributed by atoms with Crippen molar-refractivity contribution in [1.82, 2.24) is 14.9 Å². The summed E-state index contributed by atoms with van der Waals surface area (Å²) in [7, 11) is 3.66. The number of hydrogen-bond acceptors (Lipinski definition) is 3. The van der Waals surface area contributed by atoms with Gasteiger partial charge in [-0.25, -0.2) is 4.98 Å². The van der Waals surface area contributed by atoms with Gasteiger partial charge in [0.15, 0.2) is 0 Å². The minimum absolute atomic E-state index is 0.331. The summed E-state index contributed by atoms with van der Waals surface area (Å²) in [4.78, 5) is 4.18. The summed E-state index contributed by atoms with van der Waals surface area (Å²) in [5.41, 5.74) is 0. The van der Waals surface area contributed by atoms with Crippen LogP contribution in [0.2, 0.25) is 0 Å². The number of aryl methyl sites for hydroxylation is 1. The Morgan fingerprint density at radius 3 is 2.92 bits per heavy atom. The molecule has 1 N–H and O–H groups in total. The summed E-state index contributed by atoms with van der Waals surface area (Å²) < 4.78 is 7.27. The van der Waals surface area contributed by atoms with Crippen LogP contribution in [0, 0.1) is 6.92 Å². The van der Waals surface area contributed by atoms with E-state index < -0.39 is 0 Å². The van der Waals surface area contributed by atoms with Crippen LogP contribution in [0.15, 0.2) is 12.4 Å². The number of rotatable bonds is 5. The predicted molar refractivity (Wildman–Crippen MR) is 51.8 cm³/mol. The van der Waals surface area contributed by atoms with Crippen molar-refractivity contribution in [2.45, 2.75) is 13.0 Å². The molecular weight excluding hydrogens is 166 g/mol. The zero-order chi connectivity index (χ0) is 9.68. The van der Waals surface area contributed by atoms with Gasteiger partial charge in [-0.1, -0.05) is 0 Å². The molecule has 13 heavy (non-hydrogen) atoms. The summed E-state index contributed by atoms with van der Waals surface area (Å²) in [6.45, 7) is 3.60. The number of likely N-dealkylation sites (N-methyl/N-ethyl adjacent to an activating group) is 1. The zero-order valence-corrected chi connectivity index (χ0v) is 8.45. The minimum Gasteiger partial charge on any atom is -0.382 e. The summed E-state index contributed by atoms with van der Waals surface area (Å²) in [6, 6.07) is 0.331. The average molecular weight is 183 g/mol. The Morgan fingerprint density at radius 2 is 2.46 bits per heavy atom. The fourth-order valence-corrected chi connectivity index (χ4v) is 1.44. The number of methoxy groups -OCH3 is 1. The highest BCUT2D eigenvalue weighted by atomic mass is 16.5. The fourth-order valence-electron chi connectivity index (χ4n) is 1.44. The normalized spacial score (nSPS) is 13.2. The first-order valence-electron chi connectivity index (χ1n) is 4.42. The van der Waals surface area contributed by atoms with Crippen LogP contribution in [-0.4, -0.2) is 36.9 Å². The van der Waals surface area contributed by atoms with Gasteiger partial charge in [-0.05, 0) is 14.0 Å². The molecule has 1 atom stereocenters. The molecule has 4 nitrogen and oxygen atoms in total. The van der Waals surface area contributed by atoms with Gasteiger partial charge in [0.2, 0.25) is 0 Å². The van der Waals surface area contributed by atoms with E-state index in [1.165, 1.54) is 0 Å². The first-order chi connectivity index (χ1) is 6.29. The van der Waals surface area contributed by atoms with Crippen molar-refractivity contribution in [3.05, 3.63) is 18.2 Å². The number of nitrogens with one attached hydrogen (secondary N) is 1. The highest BCUT2D eigenvalue weighted by molar-refractivity contribution is 4.92. The Labute approximate surface area is 78.9 Å². The van der Waals surface area contributed by atoms with E-state index in [9.17, 15) is 0 Å². The molecule has 0 aliphatic rings. The van der Waals surface area contributed by atoms with Gasteiger partial charge < -0.3 is 14.6 Å². The standard InChI is InChI=1S/C9H17N3O/c1-8-11-4-5-12(8)9(6-10-2)7-13-3/h4-5,9-10H,6-7H2,1-3H3. The Morgan fingerprint density at radius 1 is 1.69 bits per heavy atom. The van der Waals surface area contributed by atoms with Crippen LogP contribution in [0.1, 0.15) is 11.9 Å². The Balaban J connectivity index is 2.69. The van der Waals surface area contributed by atoms with E-state index in [-0.39, 0.29) is 0 Å². The van der Waals surface area contributed by atoms with E-state index in [0.717, 1.165) is 12.4 Å².